The molecule has 17 heavy (non-hydrogen) atoms. The van der Waals surface area contributed by atoms with E-state index in [4.69, 9.17) is 4.74 Å². The van der Waals surface area contributed by atoms with Crippen molar-refractivity contribution in [2.75, 3.05) is 33.3 Å². The van der Waals surface area contributed by atoms with Crippen LogP contribution in [0.5, 0.6) is 0 Å². The Morgan fingerprint density at radius 2 is 2.24 bits per heavy atom. The first-order valence-electron chi connectivity index (χ1n) is 6.76. The van der Waals surface area contributed by atoms with Crippen LogP contribution in [0, 0.1) is 11.8 Å². The fraction of sp³-hybridized carbons (Fsp3) is 0.923. The second kappa shape index (κ2) is 5.83. The van der Waals surface area contributed by atoms with E-state index >= 15 is 0 Å². The van der Waals surface area contributed by atoms with Crippen LogP contribution in [0.4, 0.5) is 0 Å². The highest BCUT2D eigenvalue weighted by molar-refractivity contribution is 5.79. The summed E-state index contributed by atoms with van der Waals surface area (Å²) in [7, 11) is 1.91. The van der Waals surface area contributed by atoms with Crippen molar-refractivity contribution in [3.8, 4) is 0 Å². The predicted octanol–water partition coefficient (Wildman–Crippen LogP) is 0.869. The first kappa shape index (κ1) is 12.8. The molecule has 2 heterocycles. The third kappa shape index (κ3) is 3.19. The van der Waals surface area contributed by atoms with Crippen LogP contribution in [-0.2, 0) is 9.53 Å². The van der Waals surface area contributed by atoms with Gasteiger partial charge in [0.15, 0.2) is 0 Å². The summed E-state index contributed by atoms with van der Waals surface area (Å²) in [6.07, 6.45) is 3.74. The molecule has 0 saturated carbocycles. The third-order valence-corrected chi connectivity index (χ3v) is 3.96. The number of ether oxygens (including phenoxy) is 1. The molecule has 0 aromatic carbocycles. The first-order valence-corrected chi connectivity index (χ1v) is 6.76. The van der Waals surface area contributed by atoms with Gasteiger partial charge >= 0.3 is 0 Å². The zero-order chi connectivity index (χ0) is 12.3. The van der Waals surface area contributed by atoms with Crippen LogP contribution in [0.2, 0.25) is 0 Å². The van der Waals surface area contributed by atoms with E-state index in [-0.39, 0.29) is 17.9 Å². The fourth-order valence-corrected chi connectivity index (χ4v) is 2.77. The van der Waals surface area contributed by atoms with Gasteiger partial charge in [0.25, 0.3) is 0 Å². The Kier molecular flexibility index (Phi) is 4.40. The predicted molar refractivity (Wildman–Crippen MR) is 66.8 cm³/mol. The number of carbonyl (C=O) groups excluding carboxylic acids is 1. The topological polar surface area (TPSA) is 41.6 Å². The second-order valence-electron chi connectivity index (χ2n) is 5.45. The SMILES string of the molecule is C[C@@H]1CNC[C@H]1C(=O)N(C)CC1CCCCO1. The van der Waals surface area contributed by atoms with Crippen molar-refractivity contribution in [2.45, 2.75) is 32.3 Å². The van der Waals surface area contributed by atoms with Gasteiger partial charge in [-0.15, -0.1) is 0 Å². The quantitative estimate of drug-likeness (QED) is 0.796. The lowest BCUT2D eigenvalue weighted by molar-refractivity contribution is -0.137. The molecule has 1 amide bonds. The maximum absolute atomic E-state index is 12.3. The summed E-state index contributed by atoms with van der Waals surface area (Å²) in [5.74, 6) is 0.887. The summed E-state index contributed by atoms with van der Waals surface area (Å²) in [4.78, 5) is 14.1. The van der Waals surface area contributed by atoms with Crippen LogP contribution in [0.1, 0.15) is 26.2 Å². The molecule has 3 atom stereocenters. The van der Waals surface area contributed by atoms with Gasteiger partial charge in [-0.3, -0.25) is 4.79 Å². The Morgan fingerprint density at radius 3 is 2.82 bits per heavy atom. The highest BCUT2D eigenvalue weighted by atomic mass is 16.5. The standard InChI is InChI=1S/C13H24N2O2/c1-10-7-14-8-12(10)13(16)15(2)9-11-5-3-4-6-17-11/h10-12,14H,3-9H2,1-2H3/t10-,11?,12-/m1/s1. The van der Waals surface area contributed by atoms with Crippen LogP contribution in [0.3, 0.4) is 0 Å². The van der Waals surface area contributed by atoms with Gasteiger partial charge < -0.3 is 15.0 Å². The Morgan fingerprint density at radius 1 is 1.41 bits per heavy atom. The van der Waals surface area contributed by atoms with E-state index in [1.165, 1.54) is 6.42 Å². The van der Waals surface area contributed by atoms with Crippen LogP contribution < -0.4 is 5.32 Å². The molecule has 1 N–H and O–H groups in total. The number of rotatable bonds is 3. The number of amides is 1. The molecule has 2 aliphatic heterocycles. The fourth-order valence-electron chi connectivity index (χ4n) is 2.77. The van der Waals surface area contributed by atoms with Crippen molar-refractivity contribution >= 4 is 5.91 Å². The Labute approximate surface area is 104 Å². The molecular formula is C13H24N2O2. The van der Waals surface area contributed by atoms with E-state index in [1.54, 1.807) is 0 Å². The van der Waals surface area contributed by atoms with Gasteiger partial charge in [-0.1, -0.05) is 6.92 Å². The van der Waals surface area contributed by atoms with Crippen molar-refractivity contribution in [1.82, 2.24) is 10.2 Å². The molecule has 0 radical (unpaired) electrons. The van der Waals surface area contributed by atoms with E-state index in [2.05, 4.69) is 12.2 Å². The molecule has 1 unspecified atom stereocenters. The molecule has 0 aliphatic carbocycles. The minimum atomic E-state index is 0.156. The summed E-state index contributed by atoms with van der Waals surface area (Å²) < 4.78 is 5.68. The molecular weight excluding hydrogens is 216 g/mol. The average molecular weight is 240 g/mol. The lowest BCUT2D eigenvalue weighted by Gasteiger charge is -2.29. The summed E-state index contributed by atoms with van der Waals surface area (Å²) >= 11 is 0. The lowest BCUT2D eigenvalue weighted by atomic mass is 9.96. The van der Waals surface area contributed by atoms with Crippen molar-refractivity contribution in [3.05, 3.63) is 0 Å². The van der Waals surface area contributed by atoms with Crippen LogP contribution in [-0.4, -0.2) is 50.2 Å². The van der Waals surface area contributed by atoms with Crippen LogP contribution in [0.15, 0.2) is 0 Å². The number of nitrogens with one attached hydrogen (secondary N) is 1. The molecule has 0 bridgehead atoms. The number of likely N-dealkylation sites (N-methyl/N-ethyl adjacent to an activating group) is 1. The largest absolute Gasteiger partial charge is 0.376 e. The van der Waals surface area contributed by atoms with Gasteiger partial charge in [-0.25, -0.2) is 0 Å². The maximum atomic E-state index is 12.3. The molecule has 0 aromatic rings. The minimum absolute atomic E-state index is 0.156. The van der Waals surface area contributed by atoms with Crippen molar-refractivity contribution in [1.29, 1.82) is 0 Å². The summed E-state index contributed by atoms with van der Waals surface area (Å²) in [6.45, 7) is 5.55. The van der Waals surface area contributed by atoms with Gasteiger partial charge in [-0.05, 0) is 31.7 Å². The zero-order valence-corrected chi connectivity index (χ0v) is 10.9. The molecule has 2 aliphatic rings. The molecule has 0 aromatic heterocycles. The van der Waals surface area contributed by atoms with Gasteiger partial charge in [0.05, 0.1) is 12.0 Å². The Balaban J connectivity index is 1.81. The summed E-state index contributed by atoms with van der Waals surface area (Å²) in [5.41, 5.74) is 0. The average Bonchev–Trinajstić information content (AvgIpc) is 2.76. The molecule has 4 nitrogen and oxygen atoms in total. The van der Waals surface area contributed by atoms with Crippen molar-refractivity contribution < 1.29 is 9.53 Å². The Hall–Kier alpha value is -0.610. The molecule has 4 heteroatoms. The lowest BCUT2D eigenvalue weighted by Crippen LogP contribution is -2.41. The Bertz CT molecular complexity index is 264. The van der Waals surface area contributed by atoms with Crippen LogP contribution in [0.25, 0.3) is 0 Å². The number of hydrogen-bond acceptors (Lipinski definition) is 3. The van der Waals surface area contributed by atoms with Gasteiger partial charge in [0.2, 0.25) is 5.91 Å². The van der Waals surface area contributed by atoms with Gasteiger partial charge in [-0.2, -0.15) is 0 Å². The van der Waals surface area contributed by atoms with Crippen LogP contribution >= 0.6 is 0 Å². The van der Waals surface area contributed by atoms with E-state index in [0.717, 1.165) is 39.1 Å². The van der Waals surface area contributed by atoms with Gasteiger partial charge in [0, 0.05) is 26.7 Å². The highest BCUT2D eigenvalue weighted by Crippen LogP contribution is 2.19. The van der Waals surface area contributed by atoms with E-state index in [1.807, 2.05) is 11.9 Å². The summed E-state index contributed by atoms with van der Waals surface area (Å²) in [5, 5.41) is 3.28. The number of nitrogens with zero attached hydrogens (tertiary/aromatic N) is 1. The van der Waals surface area contributed by atoms with E-state index in [9.17, 15) is 4.79 Å². The molecule has 2 saturated heterocycles. The molecule has 2 fully saturated rings. The monoisotopic (exact) mass is 240 g/mol. The van der Waals surface area contributed by atoms with Gasteiger partial charge in [0.1, 0.15) is 0 Å². The summed E-state index contributed by atoms with van der Waals surface area (Å²) in [6, 6.07) is 0. The number of hydrogen-bond donors (Lipinski definition) is 1. The molecule has 0 spiro atoms. The smallest absolute Gasteiger partial charge is 0.227 e. The zero-order valence-electron chi connectivity index (χ0n) is 10.9. The van der Waals surface area contributed by atoms with E-state index in [0.29, 0.717) is 5.92 Å². The first-order chi connectivity index (χ1) is 8.18. The maximum Gasteiger partial charge on any atom is 0.227 e. The highest BCUT2D eigenvalue weighted by Gasteiger charge is 2.32. The molecule has 2 rings (SSSR count). The minimum Gasteiger partial charge on any atom is -0.376 e. The number of carbonyl (C=O) groups is 1. The normalized spacial score (nSPS) is 33.6. The van der Waals surface area contributed by atoms with Crippen molar-refractivity contribution in [3.63, 3.8) is 0 Å². The molecule has 98 valence electrons. The van der Waals surface area contributed by atoms with E-state index < -0.39 is 0 Å². The second-order valence-corrected chi connectivity index (χ2v) is 5.45. The third-order valence-electron chi connectivity index (χ3n) is 3.96. The van der Waals surface area contributed by atoms with Crippen molar-refractivity contribution in [2.24, 2.45) is 11.8 Å².